The Kier molecular flexibility index (Phi) is 7.02. The van der Waals surface area contributed by atoms with Crippen molar-refractivity contribution in [3.63, 3.8) is 0 Å². The largest absolute Gasteiger partial charge is 0.421 e. The van der Waals surface area contributed by atoms with Gasteiger partial charge < -0.3 is 9.30 Å². The third kappa shape index (κ3) is 5.56. The quantitative estimate of drug-likeness (QED) is 0.503. The Labute approximate surface area is 184 Å². The number of aryl methyl sites for hydroxylation is 1. The molecule has 0 fully saturated rings. The first-order chi connectivity index (χ1) is 15.1. The van der Waals surface area contributed by atoms with Gasteiger partial charge in [-0.25, -0.2) is 17.2 Å². The van der Waals surface area contributed by atoms with Crippen molar-refractivity contribution >= 4 is 9.84 Å². The minimum Gasteiger partial charge on any atom is -0.421 e. The molecule has 0 amide bonds. The van der Waals surface area contributed by atoms with Gasteiger partial charge in [0, 0.05) is 30.4 Å². The zero-order valence-electron chi connectivity index (χ0n) is 17.9. The number of benzene rings is 1. The summed E-state index contributed by atoms with van der Waals surface area (Å²) < 4.78 is 59.9. The van der Waals surface area contributed by atoms with Gasteiger partial charge >= 0.3 is 6.01 Å². The minimum atomic E-state index is -3.46. The highest BCUT2D eigenvalue weighted by Crippen LogP contribution is 2.30. The fourth-order valence-corrected chi connectivity index (χ4v) is 4.47. The van der Waals surface area contributed by atoms with E-state index in [2.05, 4.69) is 9.97 Å². The molecule has 0 spiro atoms. The van der Waals surface area contributed by atoms with Crippen molar-refractivity contribution in [2.45, 2.75) is 32.4 Å². The van der Waals surface area contributed by atoms with Crippen molar-refractivity contribution in [1.29, 1.82) is 0 Å². The molecule has 0 aliphatic carbocycles. The molecular formula is C22H23F2N3O4S. The zero-order chi connectivity index (χ0) is 23.5. The highest BCUT2D eigenvalue weighted by atomic mass is 32.2. The summed E-state index contributed by atoms with van der Waals surface area (Å²) in [5, 5.41) is 0. The van der Waals surface area contributed by atoms with Gasteiger partial charge in [-0.3, -0.25) is 4.79 Å². The first-order valence-corrected chi connectivity index (χ1v) is 11.8. The van der Waals surface area contributed by atoms with Gasteiger partial charge in [-0.15, -0.1) is 0 Å². The van der Waals surface area contributed by atoms with E-state index in [-0.39, 0.29) is 45.8 Å². The Morgan fingerprint density at radius 3 is 2.50 bits per heavy atom. The molecule has 0 N–H and O–H groups in total. The SMILES string of the molecule is CCCCS(=O)(=O)Cc1cc(-c2ccc(=O)n(C)c2)nc(Oc2c(F)ccc(F)c2C)n1. The van der Waals surface area contributed by atoms with E-state index in [9.17, 15) is 22.0 Å². The third-order valence-electron chi connectivity index (χ3n) is 4.80. The van der Waals surface area contributed by atoms with Crippen LogP contribution in [0.25, 0.3) is 11.3 Å². The molecule has 0 unspecified atom stereocenters. The number of pyridine rings is 1. The van der Waals surface area contributed by atoms with Crippen LogP contribution in [0.4, 0.5) is 8.78 Å². The topological polar surface area (TPSA) is 91.2 Å². The maximum absolute atomic E-state index is 14.3. The smallest absolute Gasteiger partial charge is 0.322 e. The summed E-state index contributed by atoms with van der Waals surface area (Å²) in [4.78, 5) is 20.1. The number of halogens is 2. The summed E-state index contributed by atoms with van der Waals surface area (Å²) in [6.45, 7) is 3.24. The number of ether oxygens (including phenoxy) is 1. The molecule has 2 aromatic heterocycles. The van der Waals surface area contributed by atoms with Crippen molar-refractivity contribution in [2.75, 3.05) is 5.75 Å². The van der Waals surface area contributed by atoms with Crippen molar-refractivity contribution < 1.29 is 21.9 Å². The molecule has 0 bridgehead atoms. The third-order valence-corrected chi connectivity index (χ3v) is 6.45. The number of rotatable bonds is 8. The highest BCUT2D eigenvalue weighted by Gasteiger charge is 2.19. The summed E-state index contributed by atoms with van der Waals surface area (Å²) in [7, 11) is -1.90. The first-order valence-electron chi connectivity index (χ1n) is 9.97. The van der Waals surface area contributed by atoms with E-state index >= 15 is 0 Å². The van der Waals surface area contributed by atoms with Gasteiger partial charge in [0.25, 0.3) is 0 Å². The van der Waals surface area contributed by atoms with Crippen LogP contribution in [0, 0.1) is 18.6 Å². The lowest BCUT2D eigenvalue weighted by Crippen LogP contribution is -2.14. The molecule has 170 valence electrons. The second kappa shape index (κ2) is 9.56. The Bertz CT molecular complexity index is 1310. The lowest BCUT2D eigenvalue weighted by Gasteiger charge is -2.12. The fourth-order valence-electron chi connectivity index (χ4n) is 3.00. The van der Waals surface area contributed by atoms with Gasteiger partial charge in [0.1, 0.15) is 5.82 Å². The van der Waals surface area contributed by atoms with E-state index in [1.807, 2.05) is 6.92 Å². The zero-order valence-corrected chi connectivity index (χ0v) is 18.7. The Morgan fingerprint density at radius 1 is 1.09 bits per heavy atom. The fraction of sp³-hybridized carbons (Fsp3) is 0.318. The predicted molar refractivity (Wildman–Crippen MR) is 116 cm³/mol. The van der Waals surface area contributed by atoms with Crippen LogP contribution in [0.3, 0.4) is 0 Å². The number of nitrogens with zero attached hydrogens (tertiary/aromatic N) is 3. The molecule has 3 rings (SSSR count). The standard InChI is InChI=1S/C22H23F2N3O4S/c1-4-5-10-32(29,30)13-16-11-19(15-6-9-20(28)27(3)12-15)26-22(25-16)31-21-14(2)17(23)7-8-18(21)24/h6-9,11-12H,4-5,10,13H2,1-3H3. The number of unbranched alkanes of at least 4 members (excludes halogenated alkanes) is 1. The second-order valence-electron chi connectivity index (χ2n) is 7.42. The minimum absolute atomic E-state index is 0.00347. The van der Waals surface area contributed by atoms with Crippen LogP contribution in [0.15, 0.2) is 41.3 Å². The molecule has 10 heteroatoms. The molecule has 2 heterocycles. The van der Waals surface area contributed by atoms with Crippen LogP contribution in [-0.4, -0.2) is 28.7 Å². The van der Waals surface area contributed by atoms with Crippen LogP contribution < -0.4 is 10.3 Å². The normalized spacial score (nSPS) is 11.5. The summed E-state index contributed by atoms with van der Waals surface area (Å²) in [6.07, 6.45) is 2.76. The van der Waals surface area contributed by atoms with E-state index in [0.29, 0.717) is 12.0 Å². The molecule has 0 saturated heterocycles. The molecule has 1 aromatic carbocycles. The average Bonchev–Trinajstić information content (AvgIpc) is 2.74. The van der Waals surface area contributed by atoms with E-state index in [1.165, 1.54) is 35.9 Å². The predicted octanol–water partition coefficient (Wildman–Crippen LogP) is 3.94. The van der Waals surface area contributed by atoms with E-state index in [1.54, 1.807) is 7.05 Å². The van der Waals surface area contributed by atoms with Crippen LogP contribution in [0.2, 0.25) is 0 Å². The number of sulfone groups is 1. The van der Waals surface area contributed by atoms with Gasteiger partial charge in [0.2, 0.25) is 5.56 Å². The van der Waals surface area contributed by atoms with Crippen LogP contribution in [-0.2, 0) is 22.6 Å². The summed E-state index contributed by atoms with van der Waals surface area (Å²) in [5.74, 6) is -2.23. The average molecular weight is 464 g/mol. The van der Waals surface area contributed by atoms with Gasteiger partial charge in [0.15, 0.2) is 21.4 Å². The summed E-state index contributed by atoms with van der Waals surface area (Å²) >= 11 is 0. The van der Waals surface area contributed by atoms with Crippen LogP contribution in [0.5, 0.6) is 11.8 Å². The number of hydrogen-bond acceptors (Lipinski definition) is 6. The van der Waals surface area contributed by atoms with Crippen molar-refractivity contribution in [1.82, 2.24) is 14.5 Å². The number of hydrogen-bond donors (Lipinski definition) is 0. The molecule has 0 radical (unpaired) electrons. The first kappa shape index (κ1) is 23.5. The molecule has 32 heavy (non-hydrogen) atoms. The molecule has 0 aliphatic heterocycles. The molecular weight excluding hydrogens is 440 g/mol. The number of aromatic nitrogens is 3. The van der Waals surface area contributed by atoms with Gasteiger partial charge in [-0.1, -0.05) is 13.3 Å². The van der Waals surface area contributed by atoms with Gasteiger partial charge in [-0.05, 0) is 37.6 Å². The highest BCUT2D eigenvalue weighted by molar-refractivity contribution is 7.90. The Hall–Kier alpha value is -3.14. The van der Waals surface area contributed by atoms with Crippen LogP contribution in [0.1, 0.15) is 31.0 Å². The maximum atomic E-state index is 14.3. The lowest BCUT2D eigenvalue weighted by molar-refractivity contribution is 0.402. The molecule has 0 aliphatic rings. The van der Waals surface area contributed by atoms with Gasteiger partial charge in [0.05, 0.1) is 22.9 Å². The maximum Gasteiger partial charge on any atom is 0.322 e. The van der Waals surface area contributed by atoms with Crippen molar-refractivity contribution in [3.8, 4) is 23.0 Å². The molecule has 0 atom stereocenters. The molecule has 0 saturated carbocycles. The van der Waals surface area contributed by atoms with Gasteiger partial charge in [-0.2, -0.15) is 9.97 Å². The van der Waals surface area contributed by atoms with E-state index in [4.69, 9.17) is 4.74 Å². The van der Waals surface area contributed by atoms with Crippen molar-refractivity contribution in [3.05, 3.63) is 69.8 Å². The molecule has 7 nitrogen and oxygen atoms in total. The Balaban J connectivity index is 2.09. The second-order valence-corrected chi connectivity index (χ2v) is 9.61. The Morgan fingerprint density at radius 2 is 1.81 bits per heavy atom. The van der Waals surface area contributed by atoms with E-state index < -0.39 is 21.5 Å². The molecule has 3 aromatic rings. The lowest BCUT2D eigenvalue weighted by atomic mass is 10.2. The monoisotopic (exact) mass is 463 g/mol. The summed E-state index contributed by atoms with van der Waals surface area (Å²) in [5.41, 5.74) is 0.616. The van der Waals surface area contributed by atoms with Crippen molar-refractivity contribution in [2.24, 2.45) is 7.05 Å². The van der Waals surface area contributed by atoms with Crippen LogP contribution >= 0.6 is 0 Å². The van der Waals surface area contributed by atoms with E-state index in [0.717, 1.165) is 18.6 Å². The summed E-state index contributed by atoms with van der Waals surface area (Å²) in [6, 6.07) is 5.91.